The van der Waals surface area contributed by atoms with Gasteiger partial charge in [-0.25, -0.2) is 0 Å². The Morgan fingerprint density at radius 1 is 1.54 bits per heavy atom. The fourth-order valence-corrected chi connectivity index (χ4v) is 1.78. The van der Waals surface area contributed by atoms with Crippen molar-refractivity contribution in [2.45, 2.75) is 13.5 Å². The minimum absolute atomic E-state index is 0.0295. The second-order valence-corrected chi connectivity index (χ2v) is 3.76. The summed E-state index contributed by atoms with van der Waals surface area (Å²) >= 11 is 3.34. The first-order valence-electron chi connectivity index (χ1n) is 4.10. The summed E-state index contributed by atoms with van der Waals surface area (Å²) in [5.74, 6) is 0. The first-order chi connectivity index (χ1) is 6.22. The van der Waals surface area contributed by atoms with Crippen LogP contribution < -0.4 is 5.56 Å². The fourth-order valence-electron chi connectivity index (χ4n) is 1.42. The Balaban J connectivity index is 2.88. The minimum Gasteiger partial charge on any atom is -0.285 e. The lowest BCUT2D eigenvalue weighted by atomic mass is 10.2. The number of fused-ring (bicyclic) bond motifs is 1. The number of nitrogens with one attached hydrogen (secondary N) is 1. The number of rotatable bonds is 1. The van der Waals surface area contributed by atoms with Gasteiger partial charge in [0.25, 0.3) is 5.56 Å². The molecule has 0 amide bonds. The average Bonchev–Trinajstić information content (AvgIpc) is 2.43. The van der Waals surface area contributed by atoms with Crippen LogP contribution in [-0.4, -0.2) is 9.78 Å². The lowest BCUT2D eigenvalue weighted by molar-refractivity contribution is 0.676. The van der Waals surface area contributed by atoms with E-state index in [1.807, 2.05) is 29.8 Å². The molecule has 0 aliphatic carbocycles. The lowest BCUT2D eigenvalue weighted by Gasteiger charge is -1.97. The average molecular weight is 241 g/mol. The molecule has 0 aliphatic rings. The molecule has 0 aliphatic heterocycles. The molecular weight excluding hydrogens is 232 g/mol. The predicted molar refractivity (Wildman–Crippen MR) is 55.9 cm³/mol. The summed E-state index contributed by atoms with van der Waals surface area (Å²) in [6.45, 7) is 2.78. The molecule has 0 unspecified atom stereocenters. The van der Waals surface area contributed by atoms with Gasteiger partial charge in [0.2, 0.25) is 0 Å². The third-order valence-electron chi connectivity index (χ3n) is 2.05. The zero-order valence-corrected chi connectivity index (χ0v) is 8.76. The molecule has 0 radical (unpaired) electrons. The molecule has 0 saturated carbocycles. The van der Waals surface area contributed by atoms with E-state index in [1.165, 1.54) is 0 Å². The van der Waals surface area contributed by atoms with Crippen LogP contribution in [0, 0.1) is 0 Å². The number of hydrogen-bond acceptors (Lipinski definition) is 1. The highest BCUT2D eigenvalue weighted by Crippen LogP contribution is 2.16. The zero-order chi connectivity index (χ0) is 9.42. The topological polar surface area (TPSA) is 37.8 Å². The van der Waals surface area contributed by atoms with Gasteiger partial charge in [-0.1, -0.05) is 15.9 Å². The second kappa shape index (κ2) is 3.03. The first-order valence-corrected chi connectivity index (χ1v) is 4.89. The smallest absolute Gasteiger partial charge is 0.272 e. The van der Waals surface area contributed by atoms with Crippen LogP contribution in [-0.2, 0) is 6.54 Å². The van der Waals surface area contributed by atoms with Crippen LogP contribution in [0.15, 0.2) is 27.5 Å². The van der Waals surface area contributed by atoms with Crippen molar-refractivity contribution in [3.63, 3.8) is 0 Å². The summed E-state index contributed by atoms with van der Waals surface area (Å²) in [4.78, 5) is 11.4. The molecule has 0 spiro atoms. The number of H-pyrrole nitrogens is 1. The van der Waals surface area contributed by atoms with Crippen LogP contribution in [0.4, 0.5) is 0 Å². The molecule has 2 aromatic rings. The van der Waals surface area contributed by atoms with Gasteiger partial charge in [0.05, 0.1) is 10.9 Å². The second-order valence-electron chi connectivity index (χ2n) is 2.85. The molecule has 0 fully saturated rings. The van der Waals surface area contributed by atoms with Crippen molar-refractivity contribution in [3.05, 3.63) is 33.0 Å². The summed E-state index contributed by atoms with van der Waals surface area (Å²) in [6, 6.07) is 5.70. The molecule has 0 atom stereocenters. The number of aryl methyl sites for hydroxylation is 1. The maximum Gasteiger partial charge on any atom is 0.272 e. The van der Waals surface area contributed by atoms with Gasteiger partial charge in [-0.3, -0.25) is 14.6 Å². The minimum atomic E-state index is -0.0295. The third kappa shape index (κ3) is 1.31. The van der Waals surface area contributed by atoms with Crippen LogP contribution in [0.1, 0.15) is 6.92 Å². The van der Waals surface area contributed by atoms with Crippen LogP contribution in [0.5, 0.6) is 0 Å². The predicted octanol–water partition coefficient (Wildman–Crippen LogP) is 2.11. The highest BCUT2D eigenvalue weighted by atomic mass is 79.9. The van der Waals surface area contributed by atoms with E-state index in [2.05, 4.69) is 21.0 Å². The van der Waals surface area contributed by atoms with Gasteiger partial charge < -0.3 is 0 Å². The molecule has 1 heterocycles. The van der Waals surface area contributed by atoms with E-state index >= 15 is 0 Å². The van der Waals surface area contributed by atoms with Crippen molar-refractivity contribution in [1.29, 1.82) is 0 Å². The normalized spacial score (nSPS) is 10.9. The van der Waals surface area contributed by atoms with Gasteiger partial charge >= 0.3 is 0 Å². The Labute approximate surface area is 83.5 Å². The van der Waals surface area contributed by atoms with E-state index in [-0.39, 0.29) is 5.56 Å². The van der Waals surface area contributed by atoms with Crippen molar-refractivity contribution in [1.82, 2.24) is 9.78 Å². The quantitative estimate of drug-likeness (QED) is 0.815. The van der Waals surface area contributed by atoms with Crippen LogP contribution in [0.25, 0.3) is 10.9 Å². The van der Waals surface area contributed by atoms with Crippen molar-refractivity contribution in [3.8, 4) is 0 Å². The number of nitrogens with zero attached hydrogens (tertiary/aromatic N) is 1. The molecule has 1 aromatic heterocycles. The van der Waals surface area contributed by atoms with Crippen molar-refractivity contribution >= 4 is 26.8 Å². The monoisotopic (exact) mass is 240 g/mol. The molecule has 4 heteroatoms. The van der Waals surface area contributed by atoms with Crippen molar-refractivity contribution in [2.24, 2.45) is 0 Å². The standard InChI is InChI=1S/C9H9BrN2O/c1-2-12-8-4-3-6(10)5-7(8)9(13)11-12/h3-5H,2H2,1H3,(H,11,13). The lowest BCUT2D eigenvalue weighted by Crippen LogP contribution is -2.03. The zero-order valence-electron chi connectivity index (χ0n) is 7.17. The number of halogens is 1. The summed E-state index contributed by atoms with van der Waals surface area (Å²) in [5.41, 5.74) is 0.925. The van der Waals surface area contributed by atoms with Crippen LogP contribution in [0.3, 0.4) is 0 Å². The molecule has 68 valence electrons. The number of aromatic nitrogens is 2. The van der Waals surface area contributed by atoms with Crippen molar-refractivity contribution < 1.29 is 0 Å². The fraction of sp³-hybridized carbons (Fsp3) is 0.222. The Hall–Kier alpha value is -1.03. The van der Waals surface area contributed by atoms with Gasteiger partial charge in [-0.2, -0.15) is 0 Å². The molecule has 1 aromatic carbocycles. The maximum absolute atomic E-state index is 11.4. The van der Waals surface area contributed by atoms with E-state index in [4.69, 9.17) is 0 Å². The van der Waals surface area contributed by atoms with E-state index in [0.29, 0.717) is 0 Å². The Kier molecular flexibility index (Phi) is 2.00. The van der Waals surface area contributed by atoms with E-state index in [0.717, 1.165) is 21.9 Å². The summed E-state index contributed by atoms with van der Waals surface area (Å²) < 4.78 is 2.77. The van der Waals surface area contributed by atoms with E-state index in [9.17, 15) is 4.79 Å². The highest BCUT2D eigenvalue weighted by molar-refractivity contribution is 9.10. The van der Waals surface area contributed by atoms with Gasteiger partial charge in [-0.15, -0.1) is 0 Å². The Morgan fingerprint density at radius 2 is 2.31 bits per heavy atom. The van der Waals surface area contributed by atoms with Gasteiger partial charge in [0.1, 0.15) is 0 Å². The molecule has 1 N–H and O–H groups in total. The third-order valence-corrected chi connectivity index (χ3v) is 2.54. The highest BCUT2D eigenvalue weighted by Gasteiger charge is 2.04. The maximum atomic E-state index is 11.4. The molecule has 3 nitrogen and oxygen atoms in total. The molecule has 13 heavy (non-hydrogen) atoms. The summed E-state index contributed by atoms with van der Waals surface area (Å²) in [6.07, 6.45) is 0. The first kappa shape index (κ1) is 8.56. The summed E-state index contributed by atoms with van der Waals surface area (Å²) in [7, 11) is 0. The van der Waals surface area contributed by atoms with E-state index < -0.39 is 0 Å². The summed E-state index contributed by atoms with van der Waals surface area (Å²) in [5, 5.41) is 3.50. The number of hydrogen-bond donors (Lipinski definition) is 1. The van der Waals surface area contributed by atoms with Gasteiger partial charge in [0, 0.05) is 11.0 Å². The molecule has 0 bridgehead atoms. The largest absolute Gasteiger partial charge is 0.285 e. The van der Waals surface area contributed by atoms with Crippen LogP contribution >= 0.6 is 15.9 Å². The van der Waals surface area contributed by atoms with E-state index in [1.54, 1.807) is 0 Å². The number of benzene rings is 1. The molecule has 2 rings (SSSR count). The Bertz CT molecular complexity index is 498. The Morgan fingerprint density at radius 3 is 3.00 bits per heavy atom. The van der Waals surface area contributed by atoms with Crippen LogP contribution in [0.2, 0.25) is 0 Å². The SMILES string of the molecule is CCn1[nH]c(=O)c2cc(Br)ccc21. The molecular formula is C9H9BrN2O. The molecule has 0 saturated heterocycles. The van der Waals surface area contributed by atoms with Crippen molar-refractivity contribution in [2.75, 3.05) is 0 Å². The van der Waals surface area contributed by atoms with Gasteiger partial charge in [-0.05, 0) is 25.1 Å². The number of aromatic amines is 1. The van der Waals surface area contributed by atoms with Gasteiger partial charge in [0.15, 0.2) is 0 Å².